The summed E-state index contributed by atoms with van der Waals surface area (Å²) >= 11 is 0. The van der Waals surface area contributed by atoms with Crippen LogP contribution in [0.5, 0.6) is 17.4 Å². The molecule has 0 amide bonds. The van der Waals surface area contributed by atoms with Crippen LogP contribution >= 0.6 is 0 Å². The zero-order valence-corrected chi connectivity index (χ0v) is 13.4. The minimum Gasteiger partial charge on any atom is -0.506 e. The van der Waals surface area contributed by atoms with Crippen molar-refractivity contribution in [2.75, 3.05) is 6.61 Å². The largest absolute Gasteiger partial charge is 0.506 e. The molecule has 1 heterocycles. The predicted octanol–water partition coefficient (Wildman–Crippen LogP) is 3.77. The van der Waals surface area contributed by atoms with Gasteiger partial charge in [-0.25, -0.2) is 9.78 Å². The molecule has 0 spiro atoms. The summed E-state index contributed by atoms with van der Waals surface area (Å²) in [4.78, 5) is 15.4. The number of rotatable bonds is 5. The van der Waals surface area contributed by atoms with Gasteiger partial charge in [0.2, 0.25) is 5.88 Å². The van der Waals surface area contributed by atoms with E-state index in [-0.39, 0.29) is 11.7 Å². The van der Waals surface area contributed by atoms with Crippen LogP contribution in [0.25, 0.3) is 6.08 Å². The van der Waals surface area contributed by atoms with Crippen molar-refractivity contribution in [3.05, 3.63) is 53.2 Å². The molecule has 0 saturated heterocycles. The van der Waals surface area contributed by atoms with E-state index in [1.807, 2.05) is 26.0 Å². The van der Waals surface area contributed by atoms with Crippen molar-refractivity contribution in [3.8, 4) is 17.4 Å². The molecule has 0 radical (unpaired) electrons. The normalized spacial score (nSPS) is 10.7. The Morgan fingerprint density at radius 2 is 1.96 bits per heavy atom. The van der Waals surface area contributed by atoms with Crippen molar-refractivity contribution in [1.82, 2.24) is 4.98 Å². The molecule has 0 bridgehead atoms. The van der Waals surface area contributed by atoms with Crippen LogP contribution in [0.1, 0.15) is 23.6 Å². The predicted molar refractivity (Wildman–Crippen MR) is 87.6 cm³/mol. The molecule has 0 aliphatic rings. The molecule has 23 heavy (non-hydrogen) atoms. The van der Waals surface area contributed by atoms with Gasteiger partial charge in [0.1, 0.15) is 11.5 Å². The Labute approximate surface area is 135 Å². The lowest BCUT2D eigenvalue weighted by Gasteiger charge is -2.12. The van der Waals surface area contributed by atoms with Gasteiger partial charge in [0, 0.05) is 12.1 Å². The number of aryl methyl sites for hydroxylation is 2. The number of carbonyl (C=O) groups excluding carboxylic acids is 1. The number of esters is 1. The molecule has 0 unspecified atom stereocenters. The Balaban J connectivity index is 2.20. The van der Waals surface area contributed by atoms with Gasteiger partial charge in [0.15, 0.2) is 0 Å². The summed E-state index contributed by atoms with van der Waals surface area (Å²) in [7, 11) is 0. The summed E-state index contributed by atoms with van der Waals surface area (Å²) in [5.41, 5.74) is 2.73. The fourth-order valence-corrected chi connectivity index (χ4v) is 2.13. The van der Waals surface area contributed by atoms with Crippen LogP contribution in [0.3, 0.4) is 0 Å². The summed E-state index contributed by atoms with van der Waals surface area (Å²) in [6.07, 6.45) is 4.44. The first-order chi connectivity index (χ1) is 11.0. The third-order valence-corrected chi connectivity index (χ3v) is 3.11. The van der Waals surface area contributed by atoms with Crippen LogP contribution in [-0.2, 0) is 9.53 Å². The van der Waals surface area contributed by atoms with Crippen LogP contribution in [0, 0.1) is 13.8 Å². The topological polar surface area (TPSA) is 68.7 Å². The smallest absolute Gasteiger partial charge is 0.330 e. The fraction of sp³-hybridized carbons (Fsp3) is 0.222. The van der Waals surface area contributed by atoms with Crippen LogP contribution in [0.4, 0.5) is 0 Å². The number of nitrogens with zero attached hydrogens (tertiary/aromatic N) is 1. The zero-order chi connectivity index (χ0) is 16.8. The van der Waals surface area contributed by atoms with Gasteiger partial charge in [-0.15, -0.1) is 0 Å². The van der Waals surface area contributed by atoms with Crippen LogP contribution in [0.15, 0.2) is 36.5 Å². The number of aromatic nitrogens is 1. The van der Waals surface area contributed by atoms with Crippen molar-refractivity contribution in [1.29, 1.82) is 0 Å². The van der Waals surface area contributed by atoms with Gasteiger partial charge in [-0.05, 0) is 61.7 Å². The molecule has 120 valence electrons. The van der Waals surface area contributed by atoms with Crippen molar-refractivity contribution in [2.24, 2.45) is 0 Å². The first-order valence-electron chi connectivity index (χ1n) is 7.28. The molecule has 0 atom stereocenters. The first-order valence-corrected chi connectivity index (χ1v) is 7.28. The van der Waals surface area contributed by atoms with Crippen LogP contribution < -0.4 is 4.74 Å². The molecule has 2 aromatic rings. The number of hydrogen-bond acceptors (Lipinski definition) is 5. The highest BCUT2D eigenvalue weighted by Gasteiger charge is 2.08. The number of pyridine rings is 1. The molecule has 5 nitrogen and oxygen atoms in total. The summed E-state index contributed by atoms with van der Waals surface area (Å²) in [6.45, 7) is 5.96. The summed E-state index contributed by atoms with van der Waals surface area (Å²) in [6, 6.07) is 6.95. The first kappa shape index (κ1) is 16.5. The summed E-state index contributed by atoms with van der Waals surface area (Å²) in [5.74, 6) is 0.835. The number of ether oxygens (including phenoxy) is 2. The van der Waals surface area contributed by atoms with E-state index >= 15 is 0 Å². The maximum absolute atomic E-state index is 11.4. The highest BCUT2D eigenvalue weighted by atomic mass is 16.5. The second-order valence-electron chi connectivity index (χ2n) is 5.03. The second kappa shape index (κ2) is 7.45. The van der Waals surface area contributed by atoms with E-state index < -0.39 is 0 Å². The SMILES string of the molecule is CCOC(=O)C=Cc1cc(C)c(Oc2ccc(O)cn2)c(C)c1. The van der Waals surface area contributed by atoms with E-state index in [4.69, 9.17) is 9.47 Å². The number of benzene rings is 1. The molecule has 2 rings (SSSR count). The number of aromatic hydroxyl groups is 1. The van der Waals surface area contributed by atoms with Crippen molar-refractivity contribution in [3.63, 3.8) is 0 Å². The van der Waals surface area contributed by atoms with Gasteiger partial charge in [-0.1, -0.05) is 0 Å². The average molecular weight is 313 g/mol. The van der Waals surface area contributed by atoms with Crippen LogP contribution in [0.2, 0.25) is 0 Å². The maximum Gasteiger partial charge on any atom is 0.330 e. The van der Waals surface area contributed by atoms with Crippen LogP contribution in [-0.4, -0.2) is 22.7 Å². The van der Waals surface area contributed by atoms with Crippen molar-refractivity contribution < 1.29 is 19.4 Å². The van der Waals surface area contributed by atoms with Gasteiger partial charge in [-0.3, -0.25) is 0 Å². The Morgan fingerprint density at radius 3 is 2.52 bits per heavy atom. The fourth-order valence-electron chi connectivity index (χ4n) is 2.13. The molecule has 1 aromatic carbocycles. The van der Waals surface area contributed by atoms with Crippen molar-refractivity contribution >= 4 is 12.0 Å². The Hall–Kier alpha value is -2.82. The highest BCUT2D eigenvalue weighted by Crippen LogP contribution is 2.29. The van der Waals surface area contributed by atoms with Crippen molar-refractivity contribution in [2.45, 2.75) is 20.8 Å². The van der Waals surface area contributed by atoms with Gasteiger partial charge in [-0.2, -0.15) is 0 Å². The summed E-state index contributed by atoms with van der Waals surface area (Å²) in [5, 5.41) is 9.25. The van der Waals surface area contributed by atoms with E-state index in [1.54, 1.807) is 19.1 Å². The second-order valence-corrected chi connectivity index (χ2v) is 5.03. The minimum atomic E-state index is -0.364. The molecule has 1 aromatic heterocycles. The maximum atomic E-state index is 11.4. The number of carbonyl (C=O) groups is 1. The molecule has 0 fully saturated rings. The standard InChI is InChI=1S/C18H19NO4/c1-4-22-17(21)8-5-14-9-12(2)18(13(3)10-14)23-16-7-6-15(20)11-19-16/h5-11,20H,4H2,1-3H3. The van der Waals surface area contributed by atoms with E-state index in [1.165, 1.54) is 18.3 Å². The zero-order valence-electron chi connectivity index (χ0n) is 13.4. The highest BCUT2D eigenvalue weighted by molar-refractivity contribution is 5.87. The van der Waals surface area contributed by atoms with Gasteiger partial charge < -0.3 is 14.6 Å². The summed E-state index contributed by atoms with van der Waals surface area (Å²) < 4.78 is 10.6. The van der Waals surface area contributed by atoms with E-state index in [2.05, 4.69) is 4.98 Å². The lowest BCUT2D eigenvalue weighted by atomic mass is 10.1. The molecule has 1 N–H and O–H groups in total. The molecular formula is C18H19NO4. The molecular weight excluding hydrogens is 294 g/mol. The minimum absolute atomic E-state index is 0.0882. The average Bonchev–Trinajstić information content (AvgIpc) is 2.51. The lowest BCUT2D eigenvalue weighted by molar-refractivity contribution is -0.137. The Bertz CT molecular complexity index is 697. The monoisotopic (exact) mass is 313 g/mol. The van der Waals surface area contributed by atoms with E-state index in [0.717, 1.165) is 16.7 Å². The third-order valence-electron chi connectivity index (χ3n) is 3.11. The molecule has 0 aliphatic heterocycles. The number of hydrogen-bond donors (Lipinski definition) is 1. The van der Waals surface area contributed by atoms with Gasteiger partial charge in [0.25, 0.3) is 0 Å². The van der Waals surface area contributed by atoms with E-state index in [0.29, 0.717) is 18.2 Å². The quantitative estimate of drug-likeness (QED) is 0.672. The Kier molecular flexibility index (Phi) is 5.36. The molecule has 0 aliphatic carbocycles. The van der Waals surface area contributed by atoms with E-state index in [9.17, 15) is 9.90 Å². The third kappa shape index (κ3) is 4.57. The lowest BCUT2D eigenvalue weighted by Crippen LogP contribution is -1.99. The van der Waals surface area contributed by atoms with Gasteiger partial charge >= 0.3 is 5.97 Å². The van der Waals surface area contributed by atoms with Gasteiger partial charge in [0.05, 0.1) is 12.8 Å². The Morgan fingerprint density at radius 1 is 1.26 bits per heavy atom. The molecule has 5 heteroatoms. The molecule has 0 saturated carbocycles.